The lowest BCUT2D eigenvalue weighted by molar-refractivity contribution is 0.272. The van der Waals surface area contributed by atoms with Gasteiger partial charge in [0.1, 0.15) is 5.75 Å². The molecule has 0 heterocycles. The second-order valence-corrected chi connectivity index (χ2v) is 5.98. The lowest BCUT2D eigenvalue weighted by Crippen LogP contribution is -2.10. The van der Waals surface area contributed by atoms with Crippen molar-refractivity contribution in [1.82, 2.24) is 0 Å². The maximum atomic E-state index is 5.89. The highest BCUT2D eigenvalue weighted by molar-refractivity contribution is 5.57. The summed E-state index contributed by atoms with van der Waals surface area (Å²) < 4.78 is 5.89. The molecule has 2 rings (SSSR count). The molecule has 2 nitrogen and oxygen atoms in total. The van der Waals surface area contributed by atoms with Gasteiger partial charge in [0.25, 0.3) is 0 Å². The van der Waals surface area contributed by atoms with Crippen LogP contribution in [-0.2, 0) is 0 Å². The summed E-state index contributed by atoms with van der Waals surface area (Å²) in [6.45, 7) is 9.33. The van der Waals surface area contributed by atoms with Crippen LogP contribution in [0.15, 0.2) is 48.5 Å². The second-order valence-electron chi connectivity index (χ2n) is 5.98. The van der Waals surface area contributed by atoms with E-state index in [1.54, 1.807) is 0 Å². The molecule has 2 aromatic rings. The van der Waals surface area contributed by atoms with Crippen LogP contribution < -0.4 is 10.1 Å². The van der Waals surface area contributed by atoms with Crippen LogP contribution in [0.1, 0.15) is 37.9 Å². The van der Waals surface area contributed by atoms with Gasteiger partial charge in [-0.25, -0.2) is 0 Å². The Morgan fingerprint density at radius 3 is 2.29 bits per heavy atom. The topological polar surface area (TPSA) is 21.3 Å². The lowest BCUT2D eigenvalue weighted by Gasteiger charge is -2.19. The van der Waals surface area contributed by atoms with Crippen molar-refractivity contribution in [3.05, 3.63) is 59.7 Å². The number of rotatable bonds is 6. The summed E-state index contributed by atoms with van der Waals surface area (Å²) >= 11 is 0. The molecule has 2 aromatic carbocycles. The Labute approximate surface area is 128 Å². The number of anilines is 1. The molecule has 2 heteroatoms. The van der Waals surface area contributed by atoms with E-state index < -0.39 is 0 Å². The van der Waals surface area contributed by atoms with Crippen molar-refractivity contribution in [1.29, 1.82) is 0 Å². The highest BCUT2D eigenvalue weighted by Crippen LogP contribution is 2.28. The molecule has 0 bridgehead atoms. The smallest absolute Gasteiger partial charge is 0.142 e. The Kier molecular flexibility index (Phi) is 5.26. The van der Waals surface area contributed by atoms with Gasteiger partial charge in [0.05, 0.1) is 12.3 Å². The van der Waals surface area contributed by atoms with Gasteiger partial charge in [0, 0.05) is 6.04 Å². The van der Waals surface area contributed by atoms with Crippen molar-refractivity contribution in [3.8, 4) is 5.75 Å². The molecule has 0 amide bonds. The van der Waals surface area contributed by atoms with Crippen LogP contribution in [0.2, 0.25) is 0 Å². The van der Waals surface area contributed by atoms with Gasteiger partial charge < -0.3 is 10.1 Å². The van der Waals surface area contributed by atoms with E-state index >= 15 is 0 Å². The minimum Gasteiger partial charge on any atom is -0.491 e. The number of hydrogen-bond donors (Lipinski definition) is 1. The van der Waals surface area contributed by atoms with Crippen molar-refractivity contribution in [3.63, 3.8) is 0 Å². The molecule has 112 valence electrons. The molecule has 0 radical (unpaired) electrons. The highest BCUT2D eigenvalue weighted by atomic mass is 16.5. The Bertz CT molecular complexity index is 560. The summed E-state index contributed by atoms with van der Waals surface area (Å²) in [5, 5.41) is 3.54. The minimum absolute atomic E-state index is 0.245. The molecule has 0 saturated carbocycles. The number of aryl methyl sites for hydroxylation is 1. The van der Waals surface area contributed by atoms with Crippen LogP contribution in [0, 0.1) is 12.8 Å². The summed E-state index contributed by atoms with van der Waals surface area (Å²) in [4.78, 5) is 0. The normalized spacial score (nSPS) is 12.2. The number of ether oxygens (including phenoxy) is 1. The van der Waals surface area contributed by atoms with E-state index in [-0.39, 0.29) is 6.04 Å². The molecule has 0 saturated heterocycles. The SMILES string of the molecule is Cc1ccc(C(C)Nc2ccccc2OCC(C)C)cc1. The number of benzene rings is 2. The van der Waals surface area contributed by atoms with Crippen LogP contribution in [-0.4, -0.2) is 6.61 Å². The number of para-hydroxylation sites is 2. The van der Waals surface area contributed by atoms with E-state index in [2.05, 4.69) is 63.3 Å². The first-order valence-electron chi connectivity index (χ1n) is 7.61. The van der Waals surface area contributed by atoms with Crippen LogP contribution in [0.5, 0.6) is 5.75 Å². The molecule has 0 aromatic heterocycles. The van der Waals surface area contributed by atoms with Gasteiger partial charge in [-0.3, -0.25) is 0 Å². The van der Waals surface area contributed by atoms with Crippen molar-refractivity contribution in [2.45, 2.75) is 33.7 Å². The van der Waals surface area contributed by atoms with Gasteiger partial charge in [-0.1, -0.05) is 55.8 Å². The van der Waals surface area contributed by atoms with Crippen molar-refractivity contribution in [2.24, 2.45) is 5.92 Å². The Morgan fingerprint density at radius 2 is 1.62 bits per heavy atom. The first-order chi connectivity index (χ1) is 10.1. The number of nitrogens with one attached hydrogen (secondary N) is 1. The molecule has 1 unspecified atom stereocenters. The zero-order valence-electron chi connectivity index (χ0n) is 13.4. The monoisotopic (exact) mass is 283 g/mol. The van der Waals surface area contributed by atoms with E-state index in [9.17, 15) is 0 Å². The molecular weight excluding hydrogens is 258 g/mol. The van der Waals surface area contributed by atoms with Gasteiger partial charge in [-0.2, -0.15) is 0 Å². The lowest BCUT2D eigenvalue weighted by atomic mass is 10.1. The van der Waals surface area contributed by atoms with Crippen molar-refractivity contribution >= 4 is 5.69 Å². The fraction of sp³-hybridized carbons (Fsp3) is 0.368. The summed E-state index contributed by atoms with van der Waals surface area (Å²) in [5.41, 5.74) is 3.61. The maximum absolute atomic E-state index is 5.89. The molecule has 0 aliphatic rings. The van der Waals surface area contributed by atoms with E-state index in [0.29, 0.717) is 5.92 Å². The van der Waals surface area contributed by atoms with Crippen molar-refractivity contribution < 1.29 is 4.74 Å². The molecule has 0 spiro atoms. The largest absolute Gasteiger partial charge is 0.491 e. The quantitative estimate of drug-likeness (QED) is 0.786. The van der Waals surface area contributed by atoms with Gasteiger partial charge in [-0.05, 0) is 37.5 Å². The minimum atomic E-state index is 0.245. The standard InChI is InChI=1S/C19H25NO/c1-14(2)13-21-19-8-6-5-7-18(19)20-16(4)17-11-9-15(3)10-12-17/h5-12,14,16,20H,13H2,1-4H3. The Hall–Kier alpha value is -1.96. The van der Waals surface area contributed by atoms with E-state index in [1.165, 1.54) is 11.1 Å². The fourth-order valence-corrected chi connectivity index (χ4v) is 2.14. The van der Waals surface area contributed by atoms with Crippen molar-refractivity contribution in [2.75, 3.05) is 11.9 Å². The second kappa shape index (κ2) is 7.16. The first-order valence-corrected chi connectivity index (χ1v) is 7.61. The van der Waals surface area contributed by atoms with Gasteiger partial charge in [-0.15, -0.1) is 0 Å². The highest BCUT2D eigenvalue weighted by Gasteiger charge is 2.09. The van der Waals surface area contributed by atoms with Crippen LogP contribution in [0.3, 0.4) is 0 Å². The van der Waals surface area contributed by atoms with Crippen LogP contribution in [0.25, 0.3) is 0 Å². The summed E-state index contributed by atoms with van der Waals surface area (Å²) in [7, 11) is 0. The molecule has 1 atom stereocenters. The third kappa shape index (κ3) is 4.52. The van der Waals surface area contributed by atoms with Gasteiger partial charge in [0.2, 0.25) is 0 Å². The summed E-state index contributed by atoms with van der Waals surface area (Å²) in [5.74, 6) is 1.44. The predicted molar refractivity (Wildman–Crippen MR) is 90.0 cm³/mol. The zero-order valence-corrected chi connectivity index (χ0v) is 13.4. The average molecular weight is 283 g/mol. The first kappa shape index (κ1) is 15.4. The van der Waals surface area contributed by atoms with E-state index in [0.717, 1.165) is 18.0 Å². The van der Waals surface area contributed by atoms with Crippen LogP contribution >= 0.6 is 0 Å². The van der Waals surface area contributed by atoms with Gasteiger partial charge in [0.15, 0.2) is 0 Å². The van der Waals surface area contributed by atoms with Gasteiger partial charge >= 0.3 is 0 Å². The summed E-state index contributed by atoms with van der Waals surface area (Å²) in [6, 6.07) is 17.0. The Balaban J connectivity index is 2.09. The Morgan fingerprint density at radius 1 is 0.952 bits per heavy atom. The molecular formula is C19H25NO. The number of hydrogen-bond acceptors (Lipinski definition) is 2. The van der Waals surface area contributed by atoms with Crippen LogP contribution in [0.4, 0.5) is 5.69 Å². The molecule has 0 fully saturated rings. The third-order valence-corrected chi connectivity index (χ3v) is 3.41. The maximum Gasteiger partial charge on any atom is 0.142 e. The molecule has 1 N–H and O–H groups in total. The average Bonchev–Trinajstić information content (AvgIpc) is 2.47. The molecule has 21 heavy (non-hydrogen) atoms. The van der Waals surface area contributed by atoms with E-state index in [4.69, 9.17) is 4.74 Å². The molecule has 0 aliphatic heterocycles. The zero-order chi connectivity index (χ0) is 15.2. The predicted octanol–water partition coefficient (Wildman–Crippen LogP) is 5.20. The third-order valence-electron chi connectivity index (χ3n) is 3.41. The molecule has 0 aliphatic carbocycles. The fourth-order valence-electron chi connectivity index (χ4n) is 2.14. The van der Waals surface area contributed by atoms with E-state index in [1.807, 2.05) is 18.2 Å². The summed E-state index contributed by atoms with van der Waals surface area (Å²) in [6.07, 6.45) is 0.